The fraction of sp³-hybridized carbons (Fsp3) is 0.462. The Morgan fingerprint density at radius 3 is 2.50 bits per heavy atom. The minimum Gasteiger partial charge on any atom is -0.486 e. The average Bonchev–Trinajstić information content (AvgIpc) is 2.42. The molecule has 2 aliphatic rings. The van der Waals surface area contributed by atoms with Crippen LogP contribution in [0.4, 0.5) is 23.7 Å². The van der Waals surface area contributed by atoms with E-state index in [1.165, 1.54) is 6.07 Å². The highest BCUT2D eigenvalue weighted by Crippen LogP contribution is 2.38. The van der Waals surface area contributed by atoms with Gasteiger partial charge in [-0.1, -0.05) is 0 Å². The lowest BCUT2D eigenvalue weighted by Gasteiger charge is -2.46. The molecule has 0 atom stereocenters. The van der Waals surface area contributed by atoms with Crippen LogP contribution in [0.2, 0.25) is 0 Å². The molecule has 2 amide bonds. The summed E-state index contributed by atoms with van der Waals surface area (Å²) >= 11 is 0. The van der Waals surface area contributed by atoms with Crippen LogP contribution in [0.5, 0.6) is 11.5 Å². The van der Waals surface area contributed by atoms with E-state index in [0.717, 1.165) is 4.90 Å². The lowest BCUT2D eigenvalue weighted by atomic mass is 9.94. The Labute approximate surface area is 123 Å². The number of urea groups is 1. The van der Waals surface area contributed by atoms with Crippen molar-refractivity contribution in [3.8, 4) is 11.5 Å². The number of nitrogens with zero attached hydrogens (tertiary/aromatic N) is 1. The van der Waals surface area contributed by atoms with E-state index in [1.54, 1.807) is 12.1 Å². The van der Waals surface area contributed by atoms with Gasteiger partial charge in [-0.3, -0.25) is 0 Å². The summed E-state index contributed by atoms with van der Waals surface area (Å²) < 4.78 is 48.2. The molecule has 1 aromatic rings. The minimum absolute atomic E-state index is 0.372. The number of carbonyl (C=O) groups is 1. The number of aliphatic hydroxyl groups is 1. The Morgan fingerprint density at radius 1 is 1.23 bits per heavy atom. The van der Waals surface area contributed by atoms with Crippen LogP contribution in [0.15, 0.2) is 18.2 Å². The molecule has 0 aromatic heterocycles. The molecule has 0 radical (unpaired) electrons. The number of anilines is 1. The number of rotatable bonds is 1. The molecule has 0 spiro atoms. The predicted octanol–water partition coefficient (Wildman–Crippen LogP) is 1.60. The smallest absolute Gasteiger partial charge is 0.420 e. The van der Waals surface area contributed by atoms with Crippen LogP contribution < -0.4 is 14.8 Å². The number of likely N-dealkylation sites (tertiary alicyclic amines) is 1. The van der Waals surface area contributed by atoms with Gasteiger partial charge in [0.05, 0.1) is 13.1 Å². The Hall–Kier alpha value is -2.16. The lowest BCUT2D eigenvalue weighted by Crippen LogP contribution is -2.70. The molecule has 0 unspecified atom stereocenters. The maximum Gasteiger partial charge on any atom is 0.420 e. The topological polar surface area (TPSA) is 71.0 Å². The molecule has 2 aliphatic heterocycles. The van der Waals surface area contributed by atoms with Crippen molar-refractivity contribution in [3.05, 3.63) is 18.2 Å². The largest absolute Gasteiger partial charge is 0.486 e. The molecule has 0 saturated carbocycles. The summed E-state index contributed by atoms with van der Waals surface area (Å²) in [6, 6.07) is 3.97. The van der Waals surface area contributed by atoms with E-state index in [0.29, 0.717) is 30.4 Å². The fourth-order valence-corrected chi connectivity index (χ4v) is 2.23. The van der Waals surface area contributed by atoms with Gasteiger partial charge < -0.3 is 24.8 Å². The third-order valence-corrected chi connectivity index (χ3v) is 3.51. The predicted molar refractivity (Wildman–Crippen MR) is 69.0 cm³/mol. The standard InChI is InChI=1S/C13H13F3N2O4/c14-13(15,16)12(20)6-18(7-12)11(19)17-8-1-2-9-10(5-8)22-4-3-21-9/h1-2,5,20H,3-4,6-7H2,(H,17,19). The van der Waals surface area contributed by atoms with E-state index in [9.17, 15) is 23.1 Å². The molecule has 3 rings (SSSR count). The molecule has 9 heteroatoms. The molecule has 6 nitrogen and oxygen atoms in total. The highest BCUT2D eigenvalue weighted by molar-refractivity contribution is 5.90. The number of halogens is 3. The summed E-state index contributed by atoms with van der Waals surface area (Å²) in [7, 11) is 0. The van der Waals surface area contributed by atoms with Gasteiger partial charge in [0.2, 0.25) is 0 Å². The van der Waals surface area contributed by atoms with Crippen molar-refractivity contribution in [2.45, 2.75) is 11.8 Å². The van der Waals surface area contributed by atoms with Gasteiger partial charge in [-0.05, 0) is 12.1 Å². The van der Waals surface area contributed by atoms with Crippen molar-refractivity contribution in [2.75, 3.05) is 31.6 Å². The zero-order valence-electron chi connectivity index (χ0n) is 11.3. The van der Waals surface area contributed by atoms with E-state index in [4.69, 9.17) is 9.47 Å². The molecule has 2 N–H and O–H groups in total. The third kappa shape index (κ3) is 2.52. The number of fused-ring (bicyclic) bond motifs is 1. The minimum atomic E-state index is -4.75. The Kier molecular flexibility index (Phi) is 3.32. The first kappa shape index (κ1) is 14.8. The number of carbonyl (C=O) groups excluding carboxylic acids is 1. The molecule has 120 valence electrons. The summed E-state index contributed by atoms with van der Waals surface area (Å²) in [5.74, 6) is 0.999. The number of hydrogen-bond donors (Lipinski definition) is 2. The zero-order chi connectivity index (χ0) is 16.0. The van der Waals surface area contributed by atoms with Gasteiger partial charge in [0, 0.05) is 11.8 Å². The van der Waals surface area contributed by atoms with E-state index < -0.39 is 30.9 Å². The quantitative estimate of drug-likeness (QED) is 0.825. The van der Waals surface area contributed by atoms with E-state index in [1.807, 2.05) is 0 Å². The number of ether oxygens (including phenoxy) is 2. The van der Waals surface area contributed by atoms with Crippen LogP contribution in [-0.4, -0.2) is 54.1 Å². The Bertz CT molecular complexity index is 599. The SMILES string of the molecule is O=C(Nc1ccc2c(c1)OCCO2)N1CC(O)(C(F)(F)F)C1. The number of alkyl halides is 3. The highest BCUT2D eigenvalue weighted by atomic mass is 19.4. The van der Waals surface area contributed by atoms with E-state index >= 15 is 0 Å². The van der Waals surface area contributed by atoms with Crippen LogP contribution in [0.3, 0.4) is 0 Å². The third-order valence-electron chi connectivity index (χ3n) is 3.51. The summed E-state index contributed by atoms with van der Waals surface area (Å²) in [6.07, 6.45) is -4.75. The summed E-state index contributed by atoms with van der Waals surface area (Å²) in [5.41, 5.74) is -2.45. The second-order valence-electron chi connectivity index (χ2n) is 5.17. The summed E-state index contributed by atoms with van der Waals surface area (Å²) in [6.45, 7) is -0.753. The van der Waals surface area contributed by atoms with Gasteiger partial charge in [-0.25, -0.2) is 4.79 Å². The zero-order valence-corrected chi connectivity index (χ0v) is 11.3. The molecule has 1 aromatic carbocycles. The van der Waals surface area contributed by atoms with Gasteiger partial charge in [0.15, 0.2) is 17.1 Å². The van der Waals surface area contributed by atoms with Crippen molar-refractivity contribution < 1.29 is 32.5 Å². The molecular formula is C13H13F3N2O4. The molecule has 0 bridgehead atoms. The van der Waals surface area contributed by atoms with Gasteiger partial charge >= 0.3 is 12.2 Å². The molecule has 2 heterocycles. The molecular weight excluding hydrogens is 305 g/mol. The molecule has 0 aliphatic carbocycles. The van der Waals surface area contributed by atoms with Crippen molar-refractivity contribution in [1.29, 1.82) is 0 Å². The lowest BCUT2D eigenvalue weighted by molar-refractivity contribution is -0.293. The molecule has 1 fully saturated rings. The van der Waals surface area contributed by atoms with Crippen LogP contribution >= 0.6 is 0 Å². The number of hydrogen-bond acceptors (Lipinski definition) is 4. The van der Waals surface area contributed by atoms with Crippen molar-refractivity contribution in [2.24, 2.45) is 0 Å². The van der Waals surface area contributed by atoms with Gasteiger partial charge in [-0.2, -0.15) is 13.2 Å². The van der Waals surface area contributed by atoms with Crippen molar-refractivity contribution >= 4 is 11.7 Å². The fourth-order valence-electron chi connectivity index (χ4n) is 2.23. The first-order chi connectivity index (χ1) is 10.3. The van der Waals surface area contributed by atoms with E-state index in [2.05, 4.69) is 5.32 Å². The van der Waals surface area contributed by atoms with Gasteiger partial charge in [0.25, 0.3) is 0 Å². The normalized spacial score (nSPS) is 19.4. The van der Waals surface area contributed by atoms with Crippen LogP contribution in [0, 0.1) is 0 Å². The van der Waals surface area contributed by atoms with E-state index in [-0.39, 0.29) is 0 Å². The Balaban J connectivity index is 1.62. The number of benzene rings is 1. The van der Waals surface area contributed by atoms with Crippen molar-refractivity contribution in [3.63, 3.8) is 0 Å². The first-order valence-electron chi connectivity index (χ1n) is 6.53. The number of nitrogens with one attached hydrogen (secondary N) is 1. The highest BCUT2D eigenvalue weighted by Gasteiger charge is 2.62. The summed E-state index contributed by atoms with van der Waals surface area (Å²) in [5, 5.41) is 11.8. The molecule has 1 saturated heterocycles. The maximum absolute atomic E-state index is 12.5. The van der Waals surface area contributed by atoms with Crippen LogP contribution in [0.1, 0.15) is 0 Å². The Morgan fingerprint density at radius 2 is 1.86 bits per heavy atom. The van der Waals surface area contributed by atoms with Crippen LogP contribution in [-0.2, 0) is 0 Å². The first-order valence-corrected chi connectivity index (χ1v) is 6.53. The summed E-state index contributed by atoms with van der Waals surface area (Å²) in [4.78, 5) is 12.7. The number of β-amino-alcohol motifs (C(OH)–C–C–N with tert-alkyl or cyclic N) is 1. The monoisotopic (exact) mass is 318 g/mol. The van der Waals surface area contributed by atoms with Gasteiger partial charge in [-0.15, -0.1) is 0 Å². The molecule has 22 heavy (non-hydrogen) atoms. The average molecular weight is 318 g/mol. The van der Waals surface area contributed by atoms with Crippen molar-refractivity contribution in [1.82, 2.24) is 4.90 Å². The van der Waals surface area contributed by atoms with Gasteiger partial charge in [0.1, 0.15) is 13.2 Å². The second kappa shape index (κ2) is 4.94. The van der Waals surface area contributed by atoms with Crippen LogP contribution in [0.25, 0.3) is 0 Å². The second-order valence-corrected chi connectivity index (χ2v) is 5.17. The number of amides is 2. The maximum atomic E-state index is 12.5.